The number of furan rings is 1. The maximum Gasteiger partial charge on any atom is 0.289 e. The highest BCUT2D eigenvalue weighted by atomic mass is 32.1. The first-order valence-corrected chi connectivity index (χ1v) is 11.7. The van der Waals surface area contributed by atoms with Crippen LogP contribution in [-0.4, -0.2) is 62.8 Å². The van der Waals surface area contributed by atoms with Crippen molar-refractivity contribution in [2.45, 2.75) is 6.92 Å². The number of nitrogens with zero attached hydrogens (tertiary/aromatic N) is 3. The van der Waals surface area contributed by atoms with Gasteiger partial charge in [-0.25, -0.2) is 4.98 Å². The molecule has 0 saturated carbocycles. The molecule has 1 fully saturated rings. The van der Waals surface area contributed by atoms with Gasteiger partial charge in [-0.2, -0.15) is 0 Å². The molecule has 33 heavy (non-hydrogen) atoms. The van der Waals surface area contributed by atoms with Crippen molar-refractivity contribution in [3.63, 3.8) is 0 Å². The SMILES string of the molecule is CCOc1cccc2cc(C(=O)N3CCN(c4nc5c(OC)ccc(OC)c5s4)CC3)oc12. The van der Waals surface area contributed by atoms with E-state index in [4.69, 9.17) is 23.6 Å². The van der Waals surface area contributed by atoms with Crippen molar-refractivity contribution < 1.29 is 23.4 Å². The van der Waals surface area contributed by atoms with E-state index in [1.165, 1.54) is 0 Å². The molecule has 3 heterocycles. The number of ether oxygens (including phenoxy) is 3. The van der Waals surface area contributed by atoms with Crippen LogP contribution in [0.4, 0.5) is 5.13 Å². The van der Waals surface area contributed by atoms with Crippen molar-refractivity contribution in [3.05, 3.63) is 42.2 Å². The summed E-state index contributed by atoms with van der Waals surface area (Å²) in [5.74, 6) is 2.37. The molecule has 0 spiro atoms. The van der Waals surface area contributed by atoms with Crippen molar-refractivity contribution in [3.8, 4) is 17.2 Å². The molecule has 0 N–H and O–H groups in total. The third-order valence-corrected chi connectivity index (χ3v) is 6.89. The normalized spacial score (nSPS) is 14.2. The minimum Gasteiger partial charge on any atom is -0.495 e. The average molecular weight is 468 g/mol. The molecule has 172 valence electrons. The van der Waals surface area contributed by atoms with E-state index in [2.05, 4.69) is 4.90 Å². The van der Waals surface area contributed by atoms with Crippen LogP contribution in [0.25, 0.3) is 21.2 Å². The van der Waals surface area contributed by atoms with Crippen LogP contribution in [0.15, 0.2) is 40.8 Å². The molecule has 0 unspecified atom stereocenters. The molecule has 5 rings (SSSR count). The highest BCUT2D eigenvalue weighted by molar-refractivity contribution is 7.22. The zero-order chi connectivity index (χ0) is 22.9. The molecule has 0 bridgehead atoms. The molecule has 2 aromatic heterocycles. The molecule has 2 aromatic carbocycles. The summed E-state index contributed by atoms with van der Waals surface area (Å²) in [5, 5.41) is 1.75. The van der Waals surface area contributed by atoms with Crippen molar-refractivity contribution >= 4 is 43.6 Å². The minimum atomic E-state index is -0.110. The Labute approximate surface area is 195 Å². The minimum absolute atomic E-state index is 0.110. The van der Waals surface area contributed by atoms with E-state index in [1.807, 2.05) is 42.2 Å². The van der Waals surface area contributed by atoms with Crippen molar-refractivity contribution in [1.29, 1.82) is 0 Å². The number of amides is 1. The van der Waals surface area contributed by atoms with Crippen LogP contribution in [0.5, 0.6) is 17.2 Å². The van der Waals surface area contributed by atoms with E-state index in [0.29, 0.717) is 49.9 Å². The second-order valence-electron chi connectivity index (χ2n) is 7.64. The molecule has 4 aromatic rings. The number of carbonyl (C=O) groups excluding carboxylic acids is 1. The molecular formula is C24H25N3O5S. The smallest absolute Gasteiger partial charge is 0.289 e. The number of carbonyl (C=O) groups is 1. The number of rotatable bonds is 6. The summed E-state index contributed by atoms with van der Waals surface area (Å²) in [6.45, 7) is 4.98. The van der Waals surface area contributed by atoms with Crippen LogP contribution >= 0.6 is 11.3 Å². The molecule has 8 nitrogen and oxygen atoms in total. The van der Waals surface area contributed by atoms with Gasteiger partial charge in [0.05, 0.1) is 20.8 Å². The van der Waals surface area contributed by atoms with E-state index in [0.717, 1.165) is 32.2 Å². The Bertz CT molecular complexity index is 1270. The van der Waals surface area contributed by atoms with Gasteiger partial charge in [0, 0.05) is 31.6 Å². The second kappa shape index (κ2) is 8.82. The van der Waals surface area contributed by atoms with Crippen LogP contribution in [0.2, 0.25) is 0 Å². The second-order valence-corrected chi connectivity index (χ2v) is 8.62. The fourth-order valence-electron chi connectivity index (χ4n) is 4.08. The zero-order valence-corrected chi connectivity index (χ0v) is 19.6. The Morgan fingerprint density at radius 2 is 1.82 bits per heavy atom. The van der Waals surface area contributed by atoms with Gasteiger partial charge in [0.2, 0.25) is 0 Å². The summed E-state index contributed by atoms with van der Waals surface area (Å²) < 4.78 is 23.5. The molecule has 1 aliphatic rings. The number of para-hydroxylation sites is 1. The van der Waals surface area contributed by atoms with Gasteiger partial charge in [-0.3, -0.25) is 4.79 Å². The van der Waals surface area contributed by atoms with E-state index < -0.39 is 0 Å². The summed E-state index contributed by atoms with van der Waals surface area (Å²) in [5.41, 5.74) is 1.40. The van der Waals surface area contributed by atoms with Crippen LogP contribution in [0.3, 0.4) is 0 Å². The molecule has 9 heteroatoms. The number of thiazole rings is 1. The zero-order valence-electron chi connectivity index (χ0n) is 18.8. The van der Waals surface area contributed by atoms with Crippen LogP contribution in [0.1, 0.15) is 17.5 Å². The van der Waals surface area contributed by atoms with E-state index in [1.54, 1.807) is 31.6 Å². The monoisotopic (exact) mass is 467 g/mol. The Balaban J connectivity index is 1.33. The van der Waals surface area contributed by atoms with Crippen LogP contribution in [-0.2, 0) is 0 Å². The van der Waals surface area contributed by atoms with Crippen molar-refractivity contribution in [1.82, 2.24) is 9.88 Å². The molecule has 1 saturated heterocycles. The number of hydrogen-bond donors (Lipinski definition) is 0. The summed E-state index contributed by atoms with van der Waals surface area (Å²) in [6.07, 6.45) is 0. The van der Waals surface area contributed by atoms with Gasteiger partial charge < -0.3 is 28.4 Å². The number of aromatic nitrogens is 1. The predicted octanol–water partition coefficient (Wildman–Crippen LogP) is 4.42. The van der Waals surface area contributed by atoms with Gasteiger partial charge in [0.1, 0.15) is 21.7 Å². The molecule has 0 aliphatic carbocycles. The fraction of sp³-hybridized carbons (Fsp3) is 0.333. The number of anilines is 1. The first-order chi connectivity index (χ1) is 16.1. The first kappa shape index (κ1) is 21.4. The Hall–Kier alpha value is -3.46. The Morgan fingerprint density at radius 1 is 1.06 bits per heavy atom. The predicted molar refractivity (Wildman–Crippen MR) is 128 cm³/mol. The number of methoxy groups -OCH3 is 2. The van der Waals surface area contributed by atoms with Crippen molar-refractivity contribution in [2.24, 2.45) is 0 Å². The lowest BCUT2D eigenvalue weighted by molar-refractivity contribution is 0.0717. The van der Waals surface area contributed by atoms with Crippen LogP contribution in [0, 0.1) is 0 Å². The lowest BCUT2D eigenvalue weighted by Gasteiger charge is -2.34. The molecule has 0 atom stereocenters. The average Bonchev–Trinajstić information content (AvgIpc) is 3.49. The third-order valence-electron chi connectivity index (χ3n) is 5.75. The first-order valence-electron chi connectivity index (χ1n) is 10.8. The van der Waals surface area contributed by atoms with Gasteiger partial charge in [-0.1, -0.05) is 23.5 Å². The van der Waals surface area contributed by atoms with E-state index in [9.17, 15) is 4.79 Å². The Kier molecular flexibility index (Phi) is 5.72. The van der Waals surface area contributed by atoms with Gasteiger partial charge in [0.15, 0.2) is 22.2 Å². The van der Waals surface area contributed by atoms with Gasteiger partial charge in [0.25, 0.3) is 5.91 Å². The quantitative estimate of drug-likeness (QED) is 0.415. The number of piperazine rings is 1. The standard InChI is InChI=1S/C24H25N3O5S/c1-4-31-17-7-5-6-15-14-19(32-21(15)17)23(28)26-10-12-27(13-11-26)24-25-20-16(29-2)8-9-18(30-3)22(20)33-24/h5-9,14H,4,10-13H2,1-3H3. The summed E-state index contributed by atoms with van der Waals surface area (Å²) >= 11 is 1.57. The summed E-state index contributed by atoms with van der Waals surface area (Å²) in [4.78, 5) is 21.9. The van der Waals surface area contributed by atoms with E-state index in [-0.39, 0.29) is 5.91 Å². The van der Waals surface area contributed by atoms with Crippen LogP contribution < -0.4 is 19.1 Å². The third kappa shape index (κ3) is 3.82. The lowest BCUT2D eigenvalue weighted by atomic mass is 10.2. The maximum atomic E-state index is 13.1. The largest absolute Gasteiger partial charge is 0.495 e. The molecule has 1 aliphatic heterocycles. The molecule has 0 radical (unpaired) electrons. The number of fused-ring (bicyclic) bond motifs is 2. The molecule has 1 amide bonds. The number of hydrogen-bond acceptors (Lipinski definition) is 8. The lowest BCUT2D eigenvalue weighted by Crippen LogP contribution is -2.48. The van der Waals surface area contributed by atoms with Gasteiger partial charge in [-0.05, 0) is 31.2 Å². The van der Waals surface area contributed by atoms with Gasteiger partial charge in [-0.15, -0.1) is 0 Å². The number of benzene rings is 2. The van der Waals surface area contributed by atoms with Crippen molar-refractivity contribution in [2.75, 3.05) is 51.9 Å². The summed E-state index contributed by atoms with van der Waals surface area (Å²) in [6, 6.07) is 11.2. The highest BCUT2D eigenvalue weighted by Crippen LogP contribution is 2.40. The Morgan fingerprint density at radius 3 is 2.55 bits per heavy atom. The fourth-order valence-corrected chi connectivity index (χ4v) is 5.20. The topological polar surface area (TPSA) is 77.3 Å². The van der Waals surface area contributed by atoms with E-state index >= 15 is 0 Å². The summed E-state index contributed by atoms with van der Waals surface area (Å²) in [7, 11) is 3.29. The highest BCUT2D eigenvalue weighted by Gasteiger charge is 2.27. The molecular weight excluding hydrogens is 442 g/mol. The maximum absolute atomic E-state index is 13.1. The van der Waals surface area contributed by atoms with Gasteiger partial charge >= 0.3 is 0 Å².